The molecule has 1 aromatic heterocycles. The third-order valence-electron chi connectivity index (χ3n) is 3.23. The van der Waals surface area contributed by atoms with Gasteiger partial charge in [0.2, 0.25) is 5.82 Å². The smallest absolute Gasteiger partial charge is 0.488 e. The van der Waals surface area contributed by atoms with Crippen LogP contribution in [0.5, 0.6) is 5.75 Å². The molecule has 0 saturated heterocycles. The summed E-state index contributed by atoms with van der Waals surface area (Å²) in [6.45, 7) is 0. The first-order valence-electron chi connectivity index (χ1n) is 6.62. The van der Waals surface area contributed by atoms with Crippen molar-refractivity contribution in [3.8, 4) is 28.6 Å². The molecule has 3 aromatic rings. The quantitative estimate of drug-likeness (QED) is 0.701. The molecule has 0 atom stereocenters. The van der Waals surface area contributed by atoms with Crippen molar-refractivity contribution < 1.29 is 19.3 Å². The van der Waals surface area contributed by atoms with Crippen LogP contribution >= 0.6 is 0 Å². The summed E-state index contributed by atoms with van der Waals surface area (Å²) in [5, 5.41) is 22.1. The largest absolute Gasteiger partial charge is 0.497 e. The van der Waals surface area contributed by atoms with Gasteiger partial charge in [0.15, 0.2) is 0 Å². The molecule has 0 unspecified atom stereocenters. The molecule has 0 bridgehead atoms. The monoisotopic (exact) mass is 296 g/mol. The van der Waals surface area contributed by atoms with Gasteiger partial charge in [-0.15, -0.1) is 0 Å². The maximum atomic E-state index is 9.08. The van der Waals surface area contributed by atoms with Gasteiger partial charge in [-0.2, -0.15) is 4.98 Å². The van der Waals surface area contributed by atoms with E-state index in [-0.39, 0.29) is 0 Å². The molecule has 0 radical (unpaired) electrons. The lowest BCUT2D eigenvalue weighted by Crippen LogP contribution is -2.29. The number of hydrogen-bond donors (Lipinski definition) is 2. The van der Waals surface area contributed by atoms with Crippen LogP contribution in [-0.2, 0) is 0 Å². The molecule has 0 aliphatic carbocycles. The fourth-order valence-corrected chi connectivity index (χ4v) is 2.00. The van der Waals surface area contributed by atoms with E-state index in [9.17, 15) is 0 Å². The zero-order valence-electron chi connectivity index (χ0n) is 11.8. The summed E-state index contributed by atoms with van der Waals surface area (Å²) in [5.41, 5.74) is 1.93. The number of nitrogens with zero attached hydrogens (tertiary/aromatic N) is 2. The van der Waals surface area contributed by atoms with Gasteiger partial charge in [0.25, 0.3) is 5.89 Å². The van der Waals surface area contributed by atoms with Crippen molar-refractivity contribution in [2.75, 3.05) is 7.11 Å². The average Bonchev–Trinajstić information content (AvgIpc) is 3.05. The molecule has 0 aliphatic heterocycles. The Balaban J connectivity index is 1.86. The summed E-state index contributed by atoms with van der Waals surface area (Å²) in [6.07, 6.45) is 0. The number of methoxy groups -OCH3 is 1. The van der Waals surface area contributed by atoms with E-state index in [0.717, 1.165) is 16.9 Å². The molecule has 2 aromatic carbocycles. The van der Waals surface area contributed by atoms with E-state index in [1.807, 2.05) is 24.3 Å². The molecule has 22 heavy (non-hydrogen) atoms. The number of aromatic nitrogens is 2. The van der Waals surface area contributed by atoms with Gasteiger partial charge in [0.05, 0.1) is 7.11 Å². The Labute approximate surface area is 127 Å². The standard InChI is InChI=1S/C15H13BN2O4/c1-21-13-8-4-11(5-9-13)15-17-14(18-22-15)10-2-6-12(7-3-10)16(19)20/h2-9,19-20H,1H3. The maximum absolute atomic E-state index is 9.08. The molecular weight excluding hydrogens is 283 g/mol. The van der Waals surface area contributed by atoms with Crippen LogP contribution in [0.3, 0.4) is 0 Å². The molecule has 2 N–H and O–H groups in total. The minimum atomic E-state index is -1.49. The van der Waals surface area contributed by atoms with Crippen molar-refractivity contribution in [1.29, 1.82) is 0 Å². The number of rotatable bonds is 4. The number of benzene rings is 2. The summed E-state index contributed by atoms with van der Waals surface area (Å²) in [7, 11) is 0.112. The zero-order chi connectivity index (χ0) is 15.5. The van der Waals surface area contributed by atoms with Crippen molar-refractivity contribution in [2.24, 2.45) is 0 Å². The molecule has 1 heterocycles. The van der Waals surface area contributed by atoms with Crippen LogP contribution in [0.1, 0.15) is 0 Å². The van der Waals surface area contributed by atoms with Crippen LogP contribution in [0.15, 0.2) is 53.1 Å². The highest BCUT2D eigenvalue weighted by Gasteiger charge is 2.13. The Morgan fingerprint density at radius 2 is 1.59 bits per heavy atom. The summed E-state index contributed by atoms with van der Waals surface area (Å²) in [6, 6.07) is 13.9. The molecule has 110 valence electrons. The molecule has 0 fully saturated rings. The average molecular weight is 296 g/mol. The van der Waals surface area contributed by atoms with Crippen molar-refractivity contribution in [3.05, 3.63) is 48.5 Å². The van der Waals surface area contributed by atoms with Crippen LogP contribution in [0.2, 0.25) is 0 Å². The molecule has 0 aliphatic rings. The molecule has 7 heteroatoms. The Kier molecular flexibility index (Phi) is 3.91. The van der Waals surface area contributed by atoms with Crippen LogP contribution in [0.4, 0.5) is 0 Å². The lowest BCUT2D eigenvalue weighted by molar-refractivity contribution is 0.414. The fraction of sp³-hybridized carbons (Fsp3) is 0.0667. The minimum absolute atomic E-state index is 0.405. The highest BCUT2D eigenvalue weighted by molar-refractivity contribution is 6.58. The molecule has 0 amide bonds. The van der Waals surface area contributed by atoms with E-state index in [0.29, 0.717) is 17.2 Å². The van der Waals surface area contributed by atoms with Crippen molar-refractivity contribution >= 4 is 12.6 Å². The minimum Gasteiger partial charge on any atom is -0.497 e. The third-order valence-corrected chi connectivity index (χ3v) is 3.23. The van der Waals surface area contributed by atoms with Crippen LogP contribution in [0, 0.1) is 0 Å². The Morgan fingerprint density at radius 3 is 2.18 bits per heavy atom. The van der Waals surface area contributed by atoms with Crippen molar-refractivity contribution in [2.45, 2.75) is 0 Å². The van der Waals surface area contributed by atoms with E-state index in [1.54, 1.807) is 31.4 Å². The molecule has 0 saturated carbocycles. The van der Waals surface area contributed by atoms with Gasteiger partial charge in [0, 0.05) is 11.1 Å². The van der Waals surface area contributed by atoms with Crippen molar-refractivity contribution in [3.63, 3.8) is 0 Å². The Bertz CT molecular complexity index is 754. The van der Waals surface area contributed by atoms with E-state index in [1.165, 1.54) is 0 Å². The van der Waals surface area contributed by atoms with Gasteiger partial charge >= 0.3 is 7.12 Å². The van der Waals surface area contributed by atoms with Crippen LogP contribution < -0.4 is 10.2 Å². The first kappa shape index (κ1) is 14.3. The molecule has 3 rings (SSSR count). The lowest BCUT2D eigenvalue weighted by Gasteiger charge is -1.99. The summed E-state index contributed by atoms with van der Waals surface area (Å²) >= 11 is 0. The Hall–Kier alpha value is -2.64. The highest BCUT2D eigenvalue weighted by atomic mass is 16.5. The van der Waals surface area contributed by atoms with Gasteiger partial charge in [-0.3, -0.25) is 0 Å². The molecule has 6 nitrogen and oxygen atoms in total. The SMILES string of the molecule is COc1ccc(-c2nc(-c3ccc(B(O)O)cc3)no2)cc1. The van der Waals surface area contributed by atoms with Gasteiger partial charge in [-0.05, 0) is 29.7 Å². The second-order valence-electron chi connectivity index (χ2n) is 4.65. The van der Waals surface area contributed by atoms with E-state index >= 15 is 0 Å². The molecular formula is C15H13BN2O4. The second kappa shape index (κ2) is 6.01. The van der Waals surface area contributed by atoms with Gasteiger partial charge in [-0.25, -0.2) is 0 Å². The predicted molar refractivity (Wildman–Crippen MR) is 81.5 cm³/mol. The molecule has 0 spiro atoms. The maximum Gasteiger partial charge on any atom is 0.488 e. The van der Waals surface area contributed by atoms with Crippen molar-refractivity contribution in [1.82, 2.24) is 10.1 Å². The van der Waals surface area contributed by atoms with E-state index in [2.05, 4.69) is 10.1 Å². The third kappa shape index (κ3) is 2.85. The summed E-state index contributed by atoms with van der Waals surface area (Å²) in [4.78, 5) is 4.34. The topological polar surface area (TPSA) is 88.6 Å². The first-order valence-corrected chi connectivity index (χ1v) is 6.62. The number of ether oxygens (including phenoxy) is 1. The predicted octanol–water partition coefficient (Wildman–Crippen LogP) is 1.09. The zero-order valence-corrected chi connectivity index (χ0v) is 11.8. The fourth-order valence-electron chi connectivity index (χ4n) is 2.00. The summed E-state index contributed by atoms with van der Waals surface area (Å²) in [5.74, 6) is 1.59. The van der Waals surface area contributed by atoms with Crippen LogP contribution in [0.25, 0.3) is 22.8 Å². The van der Waals surface area contributed by atoms with Gasteiger partial charge in [0.1, 0.15) is 5.75 Å². The highest BCUT2D eigenvalue weighted by Crippen LogP contribution is 2.23. The van der Waals surface area contributed by atoms with Crippen LogP contribution in [-0.4, -0.2) is 34.4 Å². The normalized spacial score (nSPS) is 10.5. The van der Waals surface area contributed by atoms with Gasteiger partial charge < -0.3 is 19.3 Å². The van der Waals surface area contributed by atoms with E-state index in [4.69, 9.17) is 19.3 Å². The number of hydrogen-bond acceptors (Lipinski definition) is 6. The Morgan fingerprint density at radius 1 is 0.955 bits per heavy atom. The second-order valence-corrected chi connectivity index (χ2v) is 4.65. The lowest BCUT2D eigenvalue weighted by atomic mass is 9.80. The first-order chi connectivity index (χ1) is 10.7. The van der Waals surface area contributed by atoms with Gasteiger partial charge in [-0.1, -0.05) is 29.4 Å². The summed E-state index contributed by atoms with van der Waals surface area (Å²) < 4.78 is 10.4. The van der Waals surface area contributed by atoms with E-state index < -0.39 is 7.12 Å².